The fourth-order valence-electron chi connectivity index (χ4n) is 1.86. The lowest BCUT2D eigenvalue weighted by Crippen LogP contribution is -2.26. The van der Waals surface area contributed by atoms with Gasteiger partial charge in [-0.2, -0.15) is 0 Å². The predicted molar refractivity (Wildman–Crippen MR) is 57.3 cm³/mol. The minimum Gasteiger partial charge on any atom is -0.381 e. The second-order valence-corrected chi connectivity index (χ2v) is 4.83. The Morgan fingerprint density at radius 3 is 3.29 bits per heavy atom. The van der Waals surface area contributed by atoms with Gasteiger partial charge in [0.25, 0.3) is 0 Å². The van der Waals surface area contributed by atoms with Crippen molar-refractivity contribution in [2.75, 3.05) is 13.2 Å². The van der Waals surface area contributed by atoms with Crippen molar-refractivity contribution >= 4 is 11.3 Å². The summed E-state index contributed by atoms with van der Waals surface area (Å²) in [6.07, 6.45) is 4.99. The molecule has 4 heteroatoms. The molecule has 2 heterocycles. The van der Waals surface area contributed by atoms with Gasteiger partial charge in [0.15, 0.2) is 0 Å². The highest BCUT2D eigenvalue weighted by Crippen LogP contribution is 2.19. The highest BCUT2D eigenvalue weighted by atomic mass is 32.1. The molecule has 1 fully saturated rings. The molecule has 78 valence electrons. The highest BCUT2D eigenvalue weighted by molar-refractivity contribution is 7.09. The van der Waals surface area contributed by atoms with E-state index in [4.69, 9.17) is 10.5 Å². The molecule has 1 aromatic rings. The second kappa shape index (κ2) is 4.87. The number of ether oxygens (including phenoxy) is 1. The summed E-state index contributed by atoms with van der Waals surface area (Å²) in [6, 6.07) is 0.243. The Balaban J connectivity index is 1.75. The summed E-state index contributed by atoms with van der Waals surface area (Å²) in [4.78, 5) is 4.24. The normalized spacial score (nSPS) is 23.9. The predicted octanol–water partition coefficient (Wildman–Crippen LogP) is 1.44. The van der Waals surface area contributed by atoms with Gasteiger partial charge >= 0.3 is 0 Å². The third-order valence-corrected chi connectivity index (χ3v) is 3.38. The van der Waals surface area contributed by atoms with E-state index in [0.29, 0.717) is 5.92 Å². The van der Waals surface area contributed by atoms with Crippen LogP contribution in [0.5, 0.6) is 0 Å². The third kappa shape index (κ3) is 2.77. The van der Waals surface area contributed by atoms with E-state index >= 15 is 0 Å². The molecule has 0 saturated carbocycles. The molecule has 0 bridgehead atoms. The summed E-state index contributed by atoms with van der Waals surface area (Å²) >= 11 is 1.69. The molecular weight excluding hydrogens is 196 g/mol. The van der Waals surface area contributed by atoms with Crippen molar-refractivity contribution in [2.45, 2.75) is 25.3 Å². The Morgan fingerprint density at radius 2 is 2.64 bits per heavy atom. The van der Waals surface area contributed by atoms with Gasteiger partial charge in [-0.3, -0.25) is 0 Å². The lowest BCUT2D eigenvalue weighted by molar-refractivity contribution is 0.182. The highest BCUT2D eigenvalue weighted by Gasteiger charge is 2.19. The summed E-state index contributed by atoms with van der Waals surface area (Å²) in [6.45, 7) is 1.81. The molecule has 1 aliphatic rings. The molecule has 2 atom stereocenters. The lowest BCUT2D eigenvalue weighted by Gasteiger charge is -2.13. The zero-order valence-corrected chi connectivity index (χ0v) is 9.00. The van der Waals surface area contributed by atoms with Gasteiger partial charge in [-0.25, -0.2) is 4.98 Å². The Labute approximate surface area is 88.3 Å². The fourth-order valence-corrected chi connectivity index (χ4v) is 2.57. The first kappa shape index (κ1) is 10.1. The van der Waals surface area contributed by atoms with Crippen LogP contribution in [0.2, 0.25) is 0 Å². The molecule has 2 rings (SSSR count). The van der Waals surface area contributed by atoms with Crippen molar-refractivity contribution in [2.24, 2.45) is 11.7 Å². The maximum Gasteiger partial charge on any atom is 0.0940 e. The molecule has 2 unspecified atom stereocenters. The molecule has 0 amide bonds. The first-order valence-corrected chi connectivity index (χ1v) is 5.94. The first-order chi connectivity index (χ1) is 6.84. The minimum atomic E-state index is 0.243. The van der Waals surface area contributed by atoms with E-state index in [0.717, 1.165) is 31.1 Å². The lowest BCUT2D eigenvalue weighted by atomic mass is 9.98. The van der Waals surface area contributed by atoms with Gasteiger partial charge < -0.3 is 10.5 Å². The fraction of sp³-hybridized carbons (Fsp3) is 0.700. The van der Waals surface area contributed by atoms with E-state index in [1.165, 1.54) is 6.42 Å². The van der Waals surface area contributed by atoms with E-state index in [9.17, 15) is 0 Å². The van der Waals surface area contributed by atoms with Gasteiger partial charge in [0.1, 0.15) is 0 Å². The van der Waals surface area contributed by atoms with Crippen LogP contribution in [0.4, 0.5) is 0 Å². The van der Waals surface area contributed by atoms with E-state index in [1.54, 1.807) is 11.3 Å². The van der Waals surface area contributed by atoms with Crippen LogP contribution < -0.4 is 5.73 Å². The summed E-state index contributed by atoms with van der Waals surface area (Å²) in [5.41, 5.74) is 6.06. The zero-order valence-electron chi connectivity index (χ0n) is 8.19. The minimum absolute atomic E-state index is 0.243. The maximum atomic E-state index is 6.06. The number of hydrogen-bond donors (Lipinski definition) is 1. The van der Waals surface area contributed by atoms with Crippen molar-refractivity contribution in [3.05, 3.63) is 16.6 Å². The van der Waals surface area contributed by atoms with Gasteiger partial charge in [-0.1, -0.05) is 0 Å². The van der Waals surface area contributed by atoms with Crippen LogP contribution in [0.25, 0.3) is 0 Å². The van der Waals surface area contributed by atoms with Crippen molar-refractivity contribution in [3.63, 3.8) is 0 Å². The molecule has 1 saturated heterocycles. The van der Waals surface area contributed by atoms with E-state index < -0.39 is 0 Å². The summed E-state index contributed by atoms with van der Waals surface area (Å²) in [7, 11) is 0. The number of nitrogens with two attached hydrogens (primary N) is 1. The molecule has 1 aromatic heterocycles. The van der Waals surface area contributed by atoms with Crippen LogP contribution in [0.1, 0.15) is 17.8 Å². The van der Waals surface area contributed by atoms with Crippen molar-refractivity contribution in [1.82, 2.24) is 4.98 Å². The average Bonchev–Trinajstić information content (AvgIpc) is 2.76. The van der Waals surface area contributed by atoms with Crippen LogP contribution >= 0.6 is 11.3 Å². The Morgan fingerprint density at radius 1 is 1.71 bits per heavy atom. The molecule has 14 heavy (non-hydrogen) atoms. The third-order valence-electron chi connectivity index (χ3n) is 2.58. The zero-order chi connectivity index (χ0) is 9.80. The van der Waals surface area contributed by atoms with Crippen molar-refractivity contribution < 1.29 is 4.74 Å². The van der Waals surface area contributed by atoms with Gasteiger partial charge in [0.2, 0.25) is 0 Å². The van der Waals surface area contributed by atoms with Crippen LogP contribution in [0.3, 0.4) is 0 Å². The Kier molecular flexibility index (Phi) is 3.50. The monoisotopic (exact) mass is 212 g/mol. The first-order valence-electron chi connectivity index (χ1n) is 5.06. The van der Waals surface area contributed by atoms with Crippen molar-refractivity contribution in [1.29, 1.82) is 0 Å². The van der Waals surface area contributed by atoms with Crippen LogP contribution in [-0.2, 0) is 11.2 Å². The Bertz CT molecular complexity index is 257. The molecule has 0 spiro atoms. The molecule has 0 aromatic carbocycles. The molecule has 3 nitrogen and oxygen atoms in total. The number of hydrogen-bond acceptors (Lipinski definition) is 4. The molecule has 2 N–H and O–H groups in total. The van der Waals surface area contributed by atoms with Crippen LogP contribution in [0.15, 0.2) is 11.6 Å². The Hall–Kier alpha value is -0.450. The quantitative estimate of drug-likeness (QED) is 0.821. The van der Waals surface area contributed by atoms with Gasteiger partial charge in [0, 0.05) is 37.3 Å². The van der Waals surface area contributed by atoms with E-state index in [-0.39, 0.29) is 6.04 Å². The maximum absolute atomic E-state index is 6.06. The number of nitrogens with zero attached hydrogens (tertiary/aromatic N) is 1. The van der Waals surface area contributed by atoms with Gasteiger partial charge in [-0.15, -0.1) is 11.3 Å². The molecule has 0 aliphatic carbocycles. The topological polar surface area (TPSA) is 48.1 Å². The number of aromatic nitrogens is 1. The average molecular weight is 212 g/mol. The number of rotatable bonds is 4. The standard InChI is InChI=1S/C10H16N2OS/c11-9(5-8-1-3-13-7-8)6-10-12-2-4-14-10/h2,4,8-9H,1,3,5-7,11H2. The summed E-state index contributed by atoms with van der Waals surface area (Å²) in [5.74, 6) is 0.671. The van der Waals surface area contributed by atoms with E-state index in [1.807, 2.05) is 11.6 Å². The SMILES string of the molecule is NC(Cc1nccs1)CC1CCOC1. The summed E-state index contributed by atoms with van der Waals surface area (Å²) in [5, 5.41) is 3.15. The molecule has 0 radical (unpaired) electrons. The van der Waals surface area contributed by atoms with Gasteiger partial charge in [0.05, 0.1) is 5.01 Å². The smallest absolute Gasteiger partial charge is 0.0940 e. The molecular formula is C10H16N2OS. The van der Waals surface area contributed by atoms with Crippen LogP contribution in [0, 0.1) is 5.92 Å². The van der Waals surface area contributed by atoms with Gasteiger partial charge in [-0.05, 0) is 18.8 Å². The second-order valence-electron chi connectivity index (χ2n) is 3.86. The number of thiazole rings is 1. The van der Waals surface area contributed by atoms with Crippen molar-refractivity contribution in [3.8, 4) is 0 Å². The largest absolute Gasteiger partial charge is 0.381 e. The van der Waals surface area contributed by atoms with Crippen LogP contribution in [-0.4, -0.2) is 24.2 Å². The van der Waals surface area contributed by atoms with E-state index in [2.05, 4.69) is 4.98 Å². The molecule has 1 aliphatic heterocycles. The summed E-state index contributed by atoms with van der Waals surface area (Å²) < 4.78 is 5.32.